The second-order valence-corrected chi connectivity index (χ2v) is 10.8. The summed E-state index contributed by atoms with van der Waals surface area (Å²) in [6, 6.07) is 14.5. The van der Waals surface area contributed by atoms with Crippen molar-refractivity contribution >= 4 is 46.5 Å². The van der Waals surface area contributed by atoms with Crippen LogP contribution < -0.4 is 15.5 Å². The molecule has 2 N–H and O–H groups in total. The number of pyridine rings is 1. The van der Waals surface area contributed by atoms with E-state index in [1.165, 1.54) is 5.69 Å². The molecule has 0 radical (unpaired) electrons. The van der Waals surface area contributed by atoms with E-state index in [-0.39, 0.29) is 24.0 Å². The molecule has 3 aromatic rings. The van der Waals surface area contributed by atoms with E-state index >= 15 is 0 Å². The molecule has 1 aliphatic heterocycles. The number of nitrogens with zero attached hydrogens (tertiary/aromatic N) is 3. The minimum atomic E-state index is -0.337. The largest absolute Gasteiger partial charge is 0.371 e. The fourth-order valence-corrected chi connectivity index (χ4v) is 6.00. The number of fused-ring (bicyclic) bond motifs is 1. The number of nitrogens with one attached hydrogen (secondary N) is 2. The number of aromatic nitrogens is 1. The van der Waals surface area contributed by atoms with Crippen LogP contribution in [0.4, 0.5) is 16.2 Å². The summed E-state index contributed by atoms with van der Waals surface area (Å²) in [5.74, 6) is 0.0116. The Bertz CT molecular complexity index is 1290. The number of halogens is 2. The molecule has 38 heavy (non-hydrogen) atoms. The van der Waals surface area contributed by atoms with Crippen LogP contribution in [0, 0.1) is 0 Å². The van der Waals surface area contributed by atoms with Crippen LogP contribution >= 0.6 is 23.2 Å². The van der Waals surface area contributed by atoms with Crippen molar-refractivity contribution in [2.75, 3.05) is 30.4 Å². The van der Waals surface area contributed by atoms with Gasteiger partial charge in [-0.25, -0.2) is 4.79 Å². The van der Waals surface area contributed by atoms with Gasteiger partial charge >= 0.3 is 6.03 Å². The SMILES string of the molecule is CN(C(=O)c1ccc2c(c1)C(NC(=O)Nc1cc(Cl)cc(Cl)c1)CCC2)C1CCN(c2ccncc2)CC1. The van der Waals surface area contributed by atoms with Crippen LogP contribution in [-0.2, 0) is 6.42 Å². The average Bonchev–Trinajstić information content (AvgIpc) is 2.92. The summed E-state index contributed by atoms with van der Waals surface area (Å²) < 4.78 is 0. The van der Waals surface area contributed by atoms with E-state index in [1.807, 2.05) is 54.7 Å². The van der Waals surface area contributed by atoms with Crippen molar-refractivity contribution in [1.82, 2.24) is 15.2 Å². The molecule has 0 spiro atoms. The summed E-state index contributed by atoms with van der Waals surface area (Å²) in [7, 11) is 1.90. The van der Waals surface area contributed by atoms with Crippen LogP contribution in [0.1, 0.15) is 53.2 Å². The van der Waals surface area contributed by atoms with Gasteiger partial charge in [-0.3, -0.25) is 9.78 Å². The first-order valence-electron chi connectivity index (χ1n) is 13.0. The minimum absolute atomic E-state index is 0.0116. The zero-order chi connectivity index (χ0) is 26.6. The van der Waals surface area contributed by atoms with E-state index < -0.39 is 0 Å². The van der Waals surface area contributed by atoms with Crippen molar-refractivity contribution in [3.63, 3.8) is 0 Å². The van der Waals surface area contributed by atoms with Crippen LogP contribution in [0.3, 0.4) is 0 Å². The van der Waals surface area contributed by atoms with Gasteiger partial charge in [0.25, 0.3) is 5.91 Å². The first kappa shape index (κ1) is 26.3. The second kappa shape index (κ2) is 11.6. The Balaban J connectivity index is 1.24. The zero-order valence-electron chi connectivity index (χ0n) is 21.3. The number of carbonyl (C=O) groups is 2. The molecular weight excluding hydrogens is 521 g/mol. The normalized spacial score (nSPS) is 17.4. The van der Waals surface area contributed by atoms with Gasteiger partial charge < -0.3 is 20.4 Å². The molecule has 1 aliphatic carbocycles. The lowest BCUT2D eigenvalue weighted by Gasteiger charge is -2.38. The number of rotatable bonds is 5. The summed E-state index contributed by atoms with van der Waals surface area (Å²) in [6.45, 7) is 1.80. The van der Waals surface area contributed by atoms with Crippen molar-refractivity contribution in [2.24, 2.45) is 0 Å². The highest BCUT2D eigenvalue weighted by Gasteiger charge is 2.28. The molecule has 2 heterocycles. The van der Waals surface area contributed by atoms with Crippen molar-refractivity contribution in [1.29, 1.82) is 0 Å². The van der Waals surface area contributed by atoms with Gasteiger partial charge in [0.1, 0.15) is 0 Å². The highest BCUT2D eigenvalue weighted by Crippen LogP contribution is 2.32. The van der Waals surface area contributed by atoms with E-state index in [0.717, 1.165) is 56.3 Å². The monoisotopic (exact) mass is 551 g/mol. The van der Waals surface area contributed by atoms with Gasteiger partial charge in [-0.05, 0) is 85.7 Å². The Hall–Kier alpha value is -3.29. The molecule has 5 rings (SSSR count). The smallest absolute Gasteiger partial charge is 0.319 e. The number of piperidine rings is 1. The molecule has 7 nitrogen and oxygen atoms in total. The highest BCUT2D eigenvalue weighted by molar-refractivity contribution is 6.35. The lowest BCUT2D eigenvalue weighted by molar-refractivity contribution is 0.0709. The molecule has 198 valence electrons. The zero-order valence-corrected chi connectivity index (χ0v) is 22.8. The Morgan fingerprint density at radius 2 is 1.68 bits per heavy atom. The Morgan fingerprint density at radius 1 is 0.974 bits per heavy atom. The molecule has 9 heteroatoms. The molecule has 1 aromatic heterocycles. The van der Waals surface area contributed by atoms with Gasteiger partial charge in [0.05, 0.1) is 6.04 Å². The third-order valence-corrected chi connectivity index (χ3v) is 7.93. The Labute approximate surface area is 233 Å². The van der Waals surface area contributed by atoms with Gasteiger partial charge in [-0.1, -0.05) is 29.3 Å². The van der Waals surface area contributed by atoms with Crippen molar-refractivity contribution < 1.29 is 9.59 Å². The first-order chi connectivity index (χ1) is 18.4. The lowest BCUT2D eigenvalue weighted by Crippen LogP contribution is -2.45. The van der Waals surface area contributed by atoms with Gasteiger partial charge in [0, 0.05) is 65.6 Å². The summed E-state index contributed by atoms with van der Waals surface area (Å²) in [4.78, 5) is 34.6. The molecule has 1 unspecified atom stereocenters. The first-order valence-corrected chi connectivity index (χ1v) is 13.7. The number of benzene rings is 2. The molecule has 0 saturated carbocycles. The van der Waals surface area contributed by atoms with Gasteiger partial charge in [0.15, 0.2) is 0 Å². The van der Waals surface area contributed by atoms with Gasteiger partial charge in [-0.2, -0.15) is 0 Å². The summed E-state index contributed by atoms with van der Waals surface area (Å²) in [5.41, 5.74) is 4.51. The number of hydrogen-bond acceptors (Lipinski definition) is 4. The number of aryl methyl sites for hydroxylation is 1. The minimum Gasteiger partial charge on any atom is -0.371 e. The molecule has 2 aliphatic rings. The number of carbonyl (C=O) groups excluding carboxylic acids is 2. The summed E-state index contributed by atoms with van der Waals surface area (Å²) in [5, 5.41) is 6.78. The van der Waals surface area contributed by atoms with Crippen LogP contribution in [0.25, 0.3) is 0 Å². The van der Waals surface area contributed by atoms with Crippen LogP contribution in [0.2, 0.25) is 10.0 Å². The molecule has 3 amide bonds. The van der Waals surface area contributed by atoms with Crippen LogP contribution in [0.5, 0.6) is 0 Å². The third kappa shape index (κ3) is 6.05. The van der Waals surface area contributed by atoms with E-state index in [9.17, 15) is 9.59 Å². The average molecular weight is 553 g/mol. The van der Waals surface area contributed by atoms with E-state index in [1.54, 1.807) is 18.2 Å². The molecular formula is C29H31Cl2N5O2. The number of urea groups is 1. The quantitative estimate of drug-likeness (QED) is 0.388. The maximum atomic E-state index is 13.5. The predicted octanol–water partition coefficient (Wildman–Crippen LogP) is 6.33. The van der Waals surface area contributed by atoms with E-state index in [0.29, 0.717) is 21.3 Å². The molecule has 2 aromatic carbocycles. The lowest BCUT2D eigenvalue weighted by atomic mass is 9.86. The molecule has 0 bridgehead atoms. The fraction of sp³-hybridized carbons (Fsp3) is 0.345. The summed E-state index contributed by atoms with van der Waals surface area (Å²) >= 11 is 12.1. The maximum Gasteiger partial charge on any atom is 0.319 e. The van der Waals surface area contributed by atoms with Crippen molar-refractivity contribution in [2.45, 2.75) is 44.2 Å². The summed E-state index contributed by atoms with van der Waals surface area (Å²) in [6.07, 6.45) is 8.14. The topological polar surface area (TPSA) is 77.6 Å². The fourth-order valence-electron chi connectivity index (χ4n) is 5.47. The van der Waals surface area contributed by atoms with Crippen molar-refractivity contribution in [3.8, 4) is 0 Å². The van der Waals surface area contributed by atoms with Gasteiger partial charge in [0.2, 0.25) is 0 Å². The number of amides is 3. The Kier molecular flexibility index (Phi) is 8.05. The standard InChI is InChI=1S/C29H31Cl2N5O2/c1-35(24-9-13-36(14-10-24)25-7-11-32-12-8-25)28(37)20-6-5-19-3-2-4-27(26(19)15-20)34-29(38)33-23-17-21(30)16-22(31)18-23/h5-8,11-12,15-18,24,27H,2-4,9-10,13-14H2,1H3,(H2,33,34,38). The second-order valence-electron chi connectivity index (χ2n) is 9.95. The maximum absolute atomic E-state index is 13.5. The van der Waals surface area contributed by atoms with Crippen LogP contribution in [-0.4, -0.2) is 48.0 Å². The van der Waals surface area contributed by atoms with E-state index in [4.69, 9.17) is 23.2 Å². The molecule has 1 atom stereocenters. The predicted molar refractivity (Wildman–Crippen MR) is 152 cm³/mol. The molecule has 1 fully saturated rings. The third-order valence-electron chi connectivity index (χ3n) is 7.49. The van der Waals surface area contributed by atoms with Crippen LogP contribution in [0.15, 0.2) is 60.9 Å². The number of hydrogen-bond donors (Lipinski definition) is 2. The van der Waals surface area contributed by atoms with Gasteiger partial charge in [-0.15, -0.1) is 0 Å². The molecule has 1 saturated heterocycles. The van der Waals surface area contributed by atoms with E-state index in [2.05, 4.69) is 20.5 Å². The Morgan fingerprint density at radius 3 is 2.39 bits per heavy atom. The van der Waals surface area contributed by atoms with Crippen molar-refractivity contribution in [3.05, 3.63) is 87.7 Å². The number of anilines is 2. The highest BCUT2D eigenvalue weighted by atomic mass is 35.5.